The molecule has 6 heteroatoms. The van der Waals surface area contributed by atoms with Gasteiger partial charge in [-0.25, -0.2) is 0 Å². The van der Waals surface area contributed by atoms with Gasteiger partial charge in [-0.2, -0.15) is 25.3 Å². The van der Waals surface area contributed by atoms with Crippen molar-refractivity contribution in [3.8, 4) is 0 Å². The van der Waals surface area contributed by atoms with Gasteiger partial charge in [0.25, 0.3) is 5.91 Å². The number of piperazine rings is 1. The minimum Gasteiger partial charge on any atom is -0.352 e. The highest BCUT2D eigenvalue weighted by atomic mass is 32.1. The molecule has 0 saturated carbocycles. The summed E-state index contributed by atoms with van der Waals surface area (Å²) in [5.41, 5.74) is 1.98. The van der Waals surface area contributed by atoms with Gasteiger partial charge in [0.1, 0.15) is 0 Å². The Morgan fingerprint density at radius 1 is 1.22 bits per heavy atom. The Labute approximate surface area is 150 Å². The van der Waals surface area contributed by atoms with Crippen molar-refractivity contribution in [3.63, 3.8) is 0 Å². The lowest BCUT2D eigenvalue weighted by molar-refractivity contribution is 0.0953. The molecule has 1 unspecified atom stereocenters. The SMILES string of the molecule is CN1CCN(Cc2ccc(C(=O)NCCC(S)CS)cc2)CC1. The van der Waals surface area contributed by atoms with Gasteiger partial charge in [0.2, 0.25) is 0 Å². The van der Waals surface area contributed by atoms with E-state index in [1.165, 1.54) is 5.56 Å². The van der Waals surface area contributed by atoms with Gasteiger partial charge in [0.05, 0.1) is 0 Å². The Morgan fingerprint density at radius 2 is 1.87 bits per heavy atom. The van der Waals surface area contributed by atoms with Crippen molar-refractivity contribution in [3.05, 3.63) is 35.4 Å². The molecule has 0 spiro atoms. The lowest BCUT2D eigenvalue weighted by atomic mass is 10.1. The zero-order chi connectivity index (χ0) is 16.7. The number of hydrogen-bond acceptors (Lipinski definition) is 5. The number of amides is 1. The van der Waals surface area contributed by atoms with Gasteiger partial charge >= 0.3 is 0 Å². The second kappa shape index (κ2) is 9.57. The van der Waals surface area contributed by atoms with E-state index in [-0.39, 0.29) is 11.2 Å². The predicted octanol–water partition coefficient (Wildman–Crippen LogP) is 1.78. The number of carbonyl (C=O) groups excluding carboxylic acids is 1. The third-order valence-electron chi connectivity index (χ3n) is 4.19. The summed E-state index contributed by atoms with van der Waals surface area (Å²) in [4.78, 5) is 16.9. The maximum absolute atomic E-state index is 12.1. The number of nitrogens with one attached hydrogen (secondary N) is 1. The zero-order valence-corrected chi connectivity index (χ0v) is 15.5. The minimum absolute atomic E-state index is 0.0177. The molecule has 128 valence electrons. The first-order valence-corrected chi connectivity index (χ1v) is 9.30. The first-order chi connectivity index (χ1) is 11.1. The average molecular weight is 354 g/mol. The molecular formula is C17H27N3OS2. The zero-order valence-electron chi connectivity index (χ0n) is 13.7. The monoisotopic (exact) mass is 353 g/mol. The fourth-order valence-corrected chi connectivity index (χ4v) is 2.88. The lowest BCUT2D eigenvalue weighted by Crippen LogP contribution is -2.43. The lowest BCUT2D eigenvalue weighted by Gasteiger charge is -2.32. The largest absolute Gasteiger partial charge is 0.352 e. The number of hydrogen-bond donors (Lipinski definition) is 3. The highest BCUT2D eigenvalue weighted by Gasteiger charge is 2.14. The molecule has 1 heterocycles. The minimum atomic E-state index is -0.0177. The molecule has 0 aliphatic carbocycles. The van der Waals surface area contributed by atoms with Gasteiger partial charge in [0, 0.05) is 55.8 Å². The topological polar surface area (TPSA) is 35.6 Å². The summed E-state index contributed by atoms with van der Waals surface area (Å²) in [6.45, 7) is 6.05. The number of nitrogens with zero attached hydrogens (tertiary/aromatic N) is 2. The van der Waals surface area contributed by atoms with Crippen LogP contribution in [0.25, 0.3) is 0 Å². The molecule has 1 amide bonds. The van der Waals surface area contributed by atoms with E-state index in [0.717, 1.165) is 44.9 Å². The van der Waals surface area contributed by atoms with Gasteiger partial charge in [-0.05, 0) is 31.2 Å². The van der Waals surface area contributed by atoms with Crippen molar-refractivity contribution >= 4 is 31.2 Å². The second-order valence-electron chi connectivity index (χ2n) is 6.16. The molecule has 1 saturated heterocycles. The van der Waals surface area contributed by atoms with Crippen LogP contribution in [0, 0.1) is 0 Å². The third kappa shape index (κ3) is 6.37. The molecule has 0 bridgehead atoms. The molecule has 2 rings (SSSR count). The molecule has 1 atom stereocenters. The van der Waals surface area contributed by atoms with Gasteiger partial charge in [0.15, 0.2) is 0 Å². The summed E-state index contributed by atoms with van der Waals surface area (Å²) in [5.74, 6) is 0.704. The van der Waals surface area contributed by atoms with Crippen LogP contribution < -0.4 is 5.32 Å². The van der Waals surface area contributed by atoms with Gasteiger partial charge in [-0.15, -0.1) is 0 Å². The molecule has 23 heavy (non-hydrogen) atoms. The van der Waals surface area contributed by atoms with Crippen molar-refractivity contribution in [2.24, 2.45) is 0 Å². The van der Waals surface area contributed by atoms with E-state index in [1.54, 1.807) is 0 Å². The summed E-state index contributed by atoms with van der Waals surface area (Å²) in [6, 6.07) is 7.94. The van der Waals surface area contributed by atoms with Crippen molar-refractivity contribution in [1.82, 2.24) is 15.1 Å². The van der Waals surface area contributed by atoms with Crippen LogP contribution in [0.4, 0.5) is 0 Å². The first-order valence-electron chi connectivity index (χ1n) is 8.15. The Hall–Kier alpha value is -0.690. The van der Waals surface area contributed by atoms with E-state index < -0.39 is 0 Å². The fourth-order valence-electron chi connectivity index (χ4n) is 2.57. The van der Waals surface area contributed by atoms with Crippen molar-refractivity contribution in [2.75, 3.05) is 45.5 Å². The molecule has 0 aromatic heterocycles. The maximum Gasteiger partial charge on any atom is 0.251 e. The van der Waals surface area contributed by atoms with E-state index >= 15 is 0 Å². The highest BCUT2D eigenvalue weighted by Crippen LogP contribution is 2.10. The quantitative estimate of drug-likeness (QED) is 0.654. The first kappa shape index (κ1) is 18.6. The standard InChI is InChI=1S/C17H27N3OS2/c1-19-8-10-20(11-9-19)12-14-2-4-15(5-3-14)17(21)18-7-6-16(23)13-22/h2-5,16,22-23H,6-13H2,1H3,(H,18,21). The van der Waals surface area contributed by atoms with E-state index in [9.17, 15) is 4.79 Å². The molecule has 1 fully saturated rings. The second-order valence-corrected chi connectivity index (χ2v) is 7.25. The normalized spacial score (nSPS) is 17.9. The summed E-state index contributed by atoms with van der Waals surface area (Å²) in [5, 5.41) is 3.16. The number of likely N-dealkylation sites (N-methyl/N-ethyl adjacent to an activating group) is 1. The van der Waals surface area contributed by atoms with Crippen molar-refractivity contribution in [1.29, 1.82) is 0 Å². The van der Waals surface area contributed by atoms with Crippen molar-refractivity contribution in [2.45, 2.75) is 18.2 Å². The van der Waals surface area contributed by atoms with Crippen LogP contribution in [0.2, 0.25) is 0 Å². The van der Waals surface area contributed by atoms with Crippen LogP contribution in [0.15, 0.2) is 24.3 Å². The Balaban J connectivity index is 1.78. The average Bonchev–Trinajstić information content (AvgIpc) is 2.57. The molecule has 0 radical (unpaired) electrons. The van der Waals surface area contributed by atoms with Crippen molar-refractivity contribution < 1.29 is 4.79 Å². The summed E-state index contributed by atoms with van der Waals surface area (Å²) in [7, 11) is 2.16. The molecule has 1 aromatic rings. The van der Waals surface area contributed by atoms with E-state index in [4.69, 9.17) is 0 Å². The molecule has 1 aromatic carbocycles. The van der Waals surface area contributed by atoms with Crippen LogP contribution in [0.5, 0.6) is 0 Å². The number of thiol groups is 2. The van der Waals surface area contributed by atoms with Crippen LogP contribution in [0.3, 0.4) is 0 Å². The summed E-state index contributed by atoms with van der Waals surface area (Å²) < 4.78 is 0. The Kier molecular flexibility index (Phi) is 7.76. The smallest absolute Gasteiger partial charge is 0.251 e. The van der Waals surface area contributed by atoms with E-state index in [2.05, 4.69) is 59.6 Å². The summed E-state index contributed by atoms with van der Waals surface area (Å²) >= 11 is 8.55. The number of carbonyl (C=O) groups is 1. The Bertz CT molecular complexity index is 487. The van der Waals surface area contributed by atoms with Crippen LogP contribution in [0.1, 0.15) is 22.3 Å². The molecule has 1 aliphatic heterocycles. The fraction of sp³-hybridized carbons (Fsp3) is 0.588. The molecular weight excluding hydrogens is 326 g/mol. The van der Waals surface area contributed by atoms with Gasteiger partial charge < -0.3 is 10.2 Å². The molecule has 1 N–H and O–H groups in total. The number of benzene rings is 1. The predicted molar refractivity (Wildman–Crippen MR) is 103 cm³/mol. The van der Waals surface area contributed by atoms with Crippen LogP contribution in [-0.2, 0) is 6.54 Å². The van der Waals surface area contributed by atoms with Gasteiger partial charge in [-0.3, -0.25) is 9.69 Å². The molecule has 4 nitrogen and oxygen atoms in total. The summed E-state index contributed by atoms with van der Waals surface area (Å²) in [6.07, 6.45) is 0.833. The molecule has 1 aliphatic rings. The Morgan fingerprint density at radius 3 is 2.48 bits per heavy atom. The van der Waals surface area contributed by atoms with Crippen LogP contribution in [-0.4, -0.2) is 66.5 Å². The number of rotatable bonds is 7. The van der Waals surface area contributed by atoms with E-state index in [1.807, 2.05) is 12.1 Å². The third-order valence-corrected chi connectivity index (χ3v) is 5.36. The highest BCUT2D eigenvalue weighted by molar-refractivity contribution is 7.84. The van der Waals surface area contributed by atoms with Crippen LogP contribution >= 0.6 is 25.3 Å². The van der Waals surface area contributed by atoms with Gasteiger partial charge in [-0.1, -0.05) is 12.1 Å². The van der Waals surface area contributed by atoms with E-state index in [0.29, 0.717) is 12.1 Å². The maximum atomic E-state index is 12.1.